The van der Waals surface area contributed by atoms with Crippen molar-refractivity contribution in [1.29, 1.82) is 0 Å². The molecule has 0 bridgehead atoms. The summed E-state index contributed by atoms with van der Waals surface area (Å²) in [6, 6.07) is 0. The van der Waals surface area contributed by atoms with Gasteiger partial charge in [-0.2, -0.15) is 0 Å². The number of nitrogens with zero attached hydrogens (tertiary/aromatic N) is 1. The van der Waals surface area contributed by atoms with Gasteiger partial charge in [0.2, 0.25) is 0 Å². The van der Waals surface area contributed by atoms with Crippen LogP contribution >= 0.6 is 0 Å². The highest BCUT2D eigenvalue weighted by Gasteiger charge is 2.20. The van der Waals surface area contributed by atoms with Gasteiger partial charge in [0.05, 0.1) is 13.2 Å². The fourth-order valence-corrected chi connectivity index (χ4v) is 2.05. The molecular formula is C12H24N2O2. The van der Waals surface area contributed by atoms with Crippen molar-refractivity contribution in [2.75, 3.05) is 32.8 Å². The highest BCUT2D eigenvalue weighted by molar-refractivity contribution is 5.71. The molecule has 1 saturated heterocycles. The van der Waals surface area contributed by atoms with Gasteiger partial charge in [0.15, 0.2) is 0 Å². The molecule has 0 aromatic rings. The molecule has 94 valence electrons. The summed E-state index contributed by atoms with van der Waals surface area (Å²) in [7, 11) is 0. The van der Waals surface area contributed by atoms with E-state index < -0.39 is 0 Å². The molecule has 0 radical (unpaired) electrons. The van der Waals surface area contributed by atoms with E-state index in [1.54, 1.807) is 0 Å². The number of rotatable bonds is 6. The van der Waals surface area contributed by atoms with Gasteiger partial charge >= 0.3 is 5.97 Å². The number of likely N-dealkylation sites (tertiary alicyclic amines) is 1. The van der Waals surface area contributed by atoms with E-state index in [9.17, 15) is 4.79 Å². The molecule has 4 nitrogen and oxygen atoms in total. The lowest BCUT2D eigenvalue weighted by atomic mass is 9.98. The standard InChI is InChI=1S/C12H24N2O2/c1-2-3-7-16-12(15)10-14-6-4-5-11(8-13)9-14/h11H,2-10,13H2,1H3. The summed E-state index contributed by atoms with van der Waals surface area (Å²) in [6.07, 6.45) is 4.35. The van der Waals surface area contributed by atoms with Crippen molar-refractivity contribution >= 4 is 5.97 Å². The highest BCUT2D eigenvalue weighted by Crippen LogP contribution is 2.14. The Morgan fingerprint density at radius 1 is 1.56 bits per heavy atom. The second-order valence-corrected chi connectivity index (χ2v) is 4.55. The average Bonchev–Trinajstić information content (AvgIpc) is 2.29. The average molecular weight is 228 g/mol. The van der Waals surface area contributed by atoms with Crippen LogP contribution in [0.2, 0.25) is 0 Å². The summed E-state index contributed by atoms with van der Waals surface area (Å²) in [5, 5.41) is 0. The van der Waals surface area contributed by atoms with Crippen LogP contribution in [0.5, 0.6) is 0 Å². The smallest absolute Gasteiger partial charge is 0.320 e. The molecular weight excluding hydrogens is 204 g/mol. The SMILES string of the molecule is CCCCOC(=O)CN1CCCC(CN)C1. The summed E-state index contributed by atoms with van der Waals surface area (Å²) in [6.45, 7) is 5.74. The molecule has 0 aliphatic carbocycles. The first-order chi connectivity index (χ1) is 7.76. The normalized spacial score (nSPS) is 22.0. The Kier molecular flexibility index (Phi) is 6.42. The van der Waals surface area contributed by atoms with E-state index in [0.29, 0.717) is 19.1 Å². The Labute approximate surface area is 98.1 Å². The topological polar surface area (TPSA) is 55.6 Å². The Hall–Kier alpha value is -0.610. The van der Waals surface area contributed by atoms with E-state index in [2.05, 4.69) is 11.8 Å². The monoisotopic (exact) mass is 228 g/mol. The van der Waals surface area contributed by atoms with Gasteiger partial charge in [-0.15, -0.1) is 0 Å². The molecule has 1 aliphatic heterocycles. The van der Waals surface area contributed by atoms with Crippen molar-refractivity contribution < 1.29 is 9.53 Å². The van der Waals surface area contributed by atoms with Gasteiger partial charge in [0.1, 0.15) is 0 Å². The van der Waals surface area contributed by atoms with E-state index in [1.807, 2.05) is 0 Å². The van der Waals surface area contributed by atoms with Crippen LogP contribution in [0.25, 0.3) is 0 Å². The predicted octanol–water partition coefficient (Wildman–Crippen LogP) is 1.00. The highest BCUT2D eigenvalue weighted by atomic mass is 16.5. The summed E-state index contributed by atoms with van der Waals surface area (Å²) in [4.78, 5) is 13.6. The molecule has 4 heteroatoms. The number of nitrogens with two attached hydrogens (primary N) is 1. The molecule has 0 aromatic heterocycles. The van der Waals surface area contributed by atoms with Gasteiger partial charge in [-0.25, -0.2) is 0 Å². The largest absolute Gasteiger partial charge is 0.465 e. The molecule has 2 N–H and O–H groups in total. The maximum absolute atomic E-state index is 11.5. The maximum Gasteiger partial charge on any atom is 0.320 e. The molecule has 1 rings (SSSR count). The Morgan fingerprint density at radius 2 is 2.38 bits per heavy atom. The lowest BCUT2D eigenvalue weighted by Gasteiger charge is -2.31. The predicted molar refractivity (Wildman–Crippen MR) is 64.1 cm³/mol. The van der Waals surface area contributed by atoms with Crippen LogP contribution in [0.4, 0.5) is 0 Å². The molecule has 16 heavy (non-hydrogen) atoms. The minimum atomic E-state index is -0.0916. The van der Waals surface area contributed by atoms with Crippen LogP contribution < -0.4 is 5.73 Å². The van der Waals surface area contributed by atoms with E-state index in [4.69, 9.17) is 10.5 Å². The number of carbonyl (C=O) groups is 1. The number of hydrogen-bond donors (Lipinski definition) is 1. The van der Waals surface area contributed by atoms with Crippen molar-refractivity contribution in [3.05, 3.63) is 0 Å². The third-order valence-electron chi connectivity index (χ3n) is 3.05. The van der Waals surface area contributed by atoms with Crippen LogP contribution in [0.15, 0.2) is 0 Å². The second kappa shape index (κ2) is 7.63. The fourth-order valence-electron chi connectivity index (χ4n) is 2.05. The number of hydrogen-bond acceptors (Lipinski definition) is 4. The summed E-state index contributed by atoms with van der Waals surface area (Å²) in [5.74, 6) is 0.461. The van der Waals surface area contributed by atoms with Gasteiger partial charge in [0, 0.05) is 6.54 Å². The quantitative estimate of drug-likeness (QED) is 0.544. The zero-order valence-corrected chi connectivity index (χ0v) is 10.3. The van der Waals surface area contributed by atoms with Gasteiger partial charge < -0.3 is 10.5 Å². The summed E-state index contributed by atoms with van der Waals surface area (Å²) >= 11 is 0. The summed E-state index contributed by atoms with van der Waals surface area (Å²) < 4.78 is 5.14. The van der Waals surface area contributed by atoms with E-state index in [1.165, 1.54) is 6.42 Å². The number of esters is 1. The lowest BCUT2D eigenvalue weighted by molar-refractivity contribution is -0.145. The lowest BCUT2D eigenvalue weighted by Crippen LogP contribution is -2.41. The van der Waals surface area contributed by atoms with Crippen molar-refractivity contribution in [3.63, 3.8) is 0 Å². The van der Waals surface area contributed by atoms with Gasteiger partial charge in [-0.05, 0) is 38.3 Å². The first kappa shape index (κ1) is 13.5. The minimum Gasteiger partial charge on any atom is -0.465 e. The number of ether oxygens (including phenoxy) is 1. The molecule has 1 unspecified atom stereocenters. The first-order valence-electron chi connectivity index (χ1n) is 6.34. The van der Waals surface area contributed by atoms with E-state index in [-0.39, 0.29) is 5.97 Å². The fraction of sp³-hybridized carbons (Fsp3) is 0.917. The van der Waals surface area contributed by atoms with Gasteiger partial charge in [0.25, 0.3) is 0 Å². The third kappa shape index (κ3) is 4.94. The van der Waals surface area contributed by atoms with Gasteiger partial charge in [-0.3, -0.25) is 9.69 Å². The molecule has 1 heterocycles. The van der Waals surface area contributed by atoms with Gasteiger partial charge in [-0.1, -0.05) is 13.3 Å². The minimum absolute atomic E-state index is 0.0916. The van der Waals surface area contributed by atoms with Crippen molar-refractivity contribution in [1.82, 2.24) is 4.90 Å². The van der Waals surface area contributed by atoms with Crippen molar-refractivity contribution in [2.45, 2.75) is 32.6 Å². The zero-order chi connectivity index (χ0) is 11.8. The number of carbonyl (C=O) groups excluding carboxylic acids is 1. The number of piperidine rings is 1. The van der Waals surface area contributed by atoms with Crippen LogP contribution in [0, 0.1) is 5.92 Å². The zero-order valence-electron chi connectivity index (χ0n) is 10.3. The molecule has 0 saturated carbocycles. The Morgan fingerprint density at radius 3 is 3.06 bits per heavy atom. The van der Waals surface area contributed by atoms with Crippen LogP contribution in [0.3, 0.4) is 0 Å². The van der Waals surface area contributed by atoms with E-state index in [0.717, 1.165) is 38.9 Å². The molecule has 1 fully saturated rings. The Balaban J connectivity index is 2.17. The van der Waals surface area contributed by atoms with Crippen LogP contribution in [-0.4, -0.2) is 43.7 Å². The first-order valence-corrected chi connectivity index (χ1v) is 6.34. The maximum atomic E-state index is 11.5. The molecule has 1 atom stereocenters. The second-order valence-electron chi connectivity index (χ2n) is 4.55. The Bertz CT molecular complexity index is 209. The molecule has 0 amide bonds. The molecule has 0 aromatic carbocycles. The molecule has 0 spiro atoms. The van der Waals surface area contributed by atoms with E-state index >= 15 is 0 Å². The number of unbranched alkanes of at least 4 members (excludes halogenated alkanes) is 1. The third-order valence-corrected chi connectivity index (χ3v) is 3.05. The van der Waals surface area contributed by atoms with Crippen LogP contribution in [-0.2, 0) is 9.53 Å². The van der Waals surface area contributed by atoms with Crippen molar-refractivity contribution in [3.8, 4) is 0 Å². The molecule has 1 aliphatic rings. The summed E-state index contributed by atoms with van der Waals surface area (Å²) in [5.41, 5.74) is 5.65. The van der Waals surface area contributed by atoms with Crippen LogP contribution in [0.1, 0.15) is 32.6 Å². The van der Waals surface area contributed by atoms with Crippen molar-refractivity contribution in [2.24, 2.45) is 11.7 Å².